The van der Waals surface area contributed by atoms with Crippen LogP contribution in [0.3, 0.4) is 0 Å². The molecule has 0 atom stereocenters. The first-order chi connectivity index (χ1) is 9.58. The molecule has 8 nitrogen and oxygen atoms in total. The van der Waals surface area contributed by atoms with Crippen molar-refractivity contribution in [2.24, 2.45) is 0 Å². The number of rotatable bonds is 9. The molecule has 0 fully saturated rings. The number of hydrogen-bond acceptors (Lipinski definition) is 8. The molecule has 20 heavy (non-hydrogen) atoms. The predicted octanol–water partition coefficient (Wildman–Crippen LogP) is 0.00910. The number of nitrogens with zero attached hydrogens (tertiary/aromatic N) is 5. The number of nitrogen functional groups attached to an aromatic ring is 1. The number of anilines is 3. The number of hydrogen-bond donors (Lipinski definition) is 1. The molecule has 8 heteroatoms. The molecule has 0 saturated carbocycles. The highest BCUT2D eigenvalue weighted by Gasteiger charge is 2.13. The summed E-state index contributed by atoms with van der Waals surface area (Å²) in [6.45, 7) is 2.74. The second-order valence-corrected chi connectivity index (χ2v) is 4.51. The molecule has 2 N–H and O–H groups in total. The third kappa shape index (κ3) is 5.14. The first-order valence-electron chi connectivity index (χ1n) is 6.50. The van der Waals surface area contributed by atoms with Gasteiger partial charge in [-0.25, -0.2) is 0 Å². The minimum absolute atomic E-state index is 0.216. The fraction of sp³-hybridized carbons (Fsp3) is 0.750. The van der Waals surface area contributed by atoms with E-state index in [-0.39, 0.29) is 5.95 Å². The maximum atomic E-state index is 5.75. The molecule has 0 spiro atoms. The van der Waals surface area contributed by atoms with Crippen LogP contribution in [-0.2, 0) is 9.47 Å². The van der Waals surface area contributed by atoms with E-state index in [1.165, 1.54) is 0 Å². The average Bonchev–Trinajstić information content (AvgIpc) is 2.42. The van der Waals surface area contributed by atoms with E-state index in [1.54, 1.807) is 19.1 Å². The van der Waals surface area contributed by atoms with Crippen molar-refractivity contribution in [3.63, 3.8) is 0 Å². The fourth-order valence-corrected chi connectivity index (χ4v) is 1.62. The zero-order chi connectivity index (χ0) is 15.0. The summed E-state index contributed by atoms with van der Waals surface area (Å²) in [5.41, 5.74) is 5.75. The zero-order valence-electron chi connectivity index (χ0n) is 12.7. The molecule has 0 amide bonds. The predicted molar refractivity (Wildman–Crippen MR) is 79.1 cm³/mol. The third-order valence-corrected chi connectivity index (χ3v) is 2.65. The summed E-state index contributed by atoms with van der Waals surface area (Å²) in [7, 11) is 7.08. The van der Waals surface area contributed by atoms with Gasteiger partial charge in [-0.05, 0) is 6.42 Å². The second-order valence-electron chi connectivity index (χ2n) is 4.51. The van der Waals surface area contributed by atoms with Gasteiger partial charge in [0, 0.05) is 48.0 Å². The lowest BCUT2D eigenvalue weighted by Crippen LogP contribution is -2.31. The summed E-state index contributed by atoms with van der Waals surface area (Å²) in [6.07, 6.45) is 0.878. The van der Waals surface area contributed by atoms with E-state index in [0.29, 0.717) is 31.7 Å². The molecular weight excluding hydrogens is 260 g/mol. The normalized spacial score (nSPS) is 10.6. The summed E-state index contributed by atoms with van der Waals surface area (Å²) < 4.78 is 10.2. The smallest absolute Gasteiger partial charge is 0.232 e. The molecule has 1 aromatic heterocycles. The van der Waals surface area contributed by atoms with Gasteiger partial charge in [0.05, 0.1) is 6.61 Å². The molecule has 0 aliphatic carbocycles. The van der Waals surface area contributed by atoms with Crippen LogP contribution in [0.2, 0.25) is 0 Å². The van der Waals surface area contributed by atoms with Gasteiger partial charge in [0.1, 0.15) is 0 Å². The monoisotopic (exact) mass is 284 g/mol. The molecule has 0 saturated heterocycles. The van der Waals surface area contributed by atoms with Crippen molar-refractivity contribution < 1.29 is 9.47 Å². The fourth-order valence-electron chi connectivity index (χ4n) is 1.62. The van der Waals surface area contributed by atoms with Gasteiger partial charge in [-0.1, -0.05) is 0 Å². The maximum absolute atomic E-state index is 5.75. The highest BCUT2D eigenvalue weighted by atomic mass is 16.5. The highest BCUT2D eigenvalue weighted by molar-refractivity contribution is 5.42. The van der Waals surface area contributed by atoms with Crippen molar-refractivity contribution in [2.45, 2.75) is 6.42 Å². The summed E-state index contributed by atoms with van der Waals surface area (Å²) in [4.78, 5) is 16.5. The Morgan fingerprint density at radius 2 is 1.60 bits per heavy atom. The topological polar surface area (TPSA) is 89.6 Å². The lowest BCUT2D eigenvalue weighted by Gasteiger charge is -2.23. The molecule has 1 rings (SSSR count). The molecule has 0 unspecified atom stereocenters. The van der Waals surface area contributed by atoms with Gasteiger partial charge < -0.3 is 25.0 Å². The largest absolute Gasteiger partial charge is 0.385 e. The van der Waals surface area contributed by atoms with Gasteiger partial charge in [-0.15, -0.1) is 0 Å². The van der Waals surface area contributed by atoms with Crippen LogP contribution in [0.25, 0.3) is 0 Å². The molecular formula is C12H24N6O2. The molecule has 0 aliphatic rings. The minimum atomic E-state index is 0.216. The van der Waals surface area contributed by atoms with Gasteiger partial charge in [0.2, 0.25) is 17.8 Å². The van der Waals surface area contributed by atoms with Crippen LogP contribution in [0.5, 0.6) is 0 Å². The lowest BCUT2D eigenvalue weighted by molar-refractivity contribution is 0.190. The Morgan fingerprint density at radius 1 is 0.950 bits per heavy atom. The maximum Gasteiger partial charge on any atom is 0.232 e. The first-order valence-corrected chi connectivity index (χ1v) is 6.50. The van der Waals surface area contributed by atoms with Crippen molar-refractivity contribution in [1.29, 1.82) is 0 Å². The van der Waals surface area contributed by atoms with E-state index in [9.17, 15) is 0 Å². The van der Waals surface area contributed by atoms with Crippen molar-refractivity contribution in [2.75, 3.05) is 70.2 Å². The standard InChI is InChI=1S/C12H24N6O2/c1-17(2)11-14-10(13)15-12(16-11)18(7-9-20-4)6-5-8-19-3/h5-9H2,1-4H3,(H2,13,14,15,16). The Kier molecular flexibility index (Phi) is 6.96. The molecule has 1 heterocycles. The van der Waals surface area contributed by atoms with Gasteiger partial charge in [0.15, 0.2) is 0 Å². The zero-order valence-corrected chi connectivity index (χ0v) is 12.7. The van der Waals surface area contributed by atoms with E-state index in [4.69, 9.17) is 15.2 Å². The Balaban J connectivity index is 2.87. The van der Waals surface area contributed by atoms with Crippen LogP contribution in [0.4, 0.5) is 17.8 Å². The minimum Gasteiger partial charge on any atom is -0.385 e. The van der Waals surface area contributed by atoms with Crippen LogP contribution in [0.1, 0.15) is 6.42 Å². The van der Waals surface area contributed by atoms with Crippen LogP contribution in [0, 0.1) is 0 Å². The van der Waals surface area contributed by atoms with Gasteiger partial charge in [0.25, 0.3) is 0 Å². The highest BCUT2D eigenvalue weighted by Crippen LogP contribution is 2.13. The van der Waals surface area contributed by atoms with E-state index >= 15 is 0 Å². The van der Waals surface area contributed by atoms with Crippen molar-refractivity contribution in [3.8, 4) is 0 Å². The van der Waals surface area contributed by atoms with Gasteiger partial charge in [-0.3, -0.25) is 0 Å². The Hall–Kier alpha value is -1.67. The quantitative estimate of drug-likeness (QED) is 0.634. The molecule has 1 aromatic rings. The summed E-state index contributed by atoms with van der Waals surface area (Å²) in [5, 5.41) is 0. The molecule has 0 aromatic carbocycles. The van der Waals surface area contributed by atoms with Crippen LogP contribution in [-0.4, -0.2) is 69.6 Å². The van der Waals surface area contributed by atoms with Crippen molar-refractivity contribution >= 4 is 17.8 Å². The lowest BCUT2D eigenvalue weighted by atomic mass is 10.4. The van der Waals surface area contributed by atoms with E-state index in [2.05, 4.69) is 15.0 Å². The molecule has 0 radical (unpaired) electrons. The van der Waals surface area contributed by atoms with Crippen LogP contribution < -0.4 is 15.5 Å². The summed E-state index contributed by atoms with van der Waals surface area (Å²) in [5.74, 6) is 1.32. The Labute approximate surface area is 119 Å². The van der Waals surface area contributed by atoms with E-state index in [1.807, 2.05) is 19.0 Å². The third-order valence-electron chi connectivity index (χ3n) is 2.65. The number of aromatic nitrogens is 3. The Morgan fingerprint density at radius 3 is 2.20 bits per heavy atom. The van der Waals surface area contributed by atoms with Crippen molar-refractivity contribution in [1.82, 2.24) is 15.0 Å². The SMILES string of the molecule is COCCCN(CCOC)c1nc(N)nc(N(C)C)n1. The molecule has 114 valence electrons. The summed E-state index contributed by atoms with van der Waals surface area (Å²) in [6, 6.07) is 0. The van der Waals surface area contributed by atoms with Crippen LogP contribution >= 0.6 is 0 Å². The number of ether oxygens (including phenoxy) is 2. The number of nitrogens with two attached hydrogens (primary N) is 1. The average molecular weight is 284 g/mol. The number of methoxy groups -OCH3 is 2. The van der Waals surface area contributed by atoms with E-state index in [0.717, 1.165) is 13.0 Å². The van der Waals surface area contributed by atoms with Gasteiger partial charge >= 0.3 is 0 Å². The van der Waals surface area contributed by atoms with Gasteiger partial charge in [-0.2, -0.15) is 15.0 Å². The second kappa shape index (κ2) is 8.49. The molecule has 0 aliphatic heterocycles. The Bertz CT molecular complexity index is 402. The van der Waals surface area contributed by atoms with Crippen LogP contribution in [0.15, 0.2) is 0 Å². The van der Waals surface area contributed by atoms with Crippen molar-refractivity contribution in [3.05, 3.63) is 0 Å². The molecule has 0 bridgehead atoms. The van der Waals surface area contributed by atoms with E-state index < -0.39 is 0 Å². The summed E-state index contributed by atoms with van der Waals surface area (Å²) >= 11 is 0. The first kappa shape index (κ1) is 16.4.